The van der Waals surface area contributed by atoms with Crippen LogP contribution in [0.5, 0.6) is 0 Å². The van der Waals surface area contributed by atoms with E-state index < -0.39 is 5.60 Å². The van der Waals surface area contributed by atoms with Crippen molar-refractivity contribution in [2.24, 2.45) is 0 Å². The van der Waals surface area contributed by atoms with E-state index >= 15 is 0 Å². The molecule has 24 heavy (non-hydrogen) atoms. The first-order valence-corrected chi connectivity index (χ1v) is 8.34. The van der Waals surface area contributed by atoms with E-state index in [2.05, 4.69) is 21.2 Å². The van der Waals surface area contributed by atoms with Crippen molar-refractivity contribution in [3.8, 4) is 0 Å². The highest BCUT2D eigenvalue weighted by atomic mass is 79.9. The quantitative estimate of drug-likeness (QED) is 0.621. The van der Waals surface area contributed by atoms with Crippen LogP contribution in [0, 0.1) is 0 Å². The summed E-state index contributed by atoms with van der Waals surface area (Å²) in [6.07, 6.45) is 2.91. The van der Waals surface area contributed by atoms with Gasteiger partial charge in [0.2, 0.25) is 11.5 Å². The molecule has 0 unspecified atom stereocenters. The molecule has 0 aliphatic carbocycles. The number of nitrogens with one attached hydrogen (secondary N) is 1. The first kappa shape index (κ1) is 16.8. The molecule has 3 rings (SSSR count). The first-order valence-electron chi connectivity index (χ1n) is 7.02. The Hall–Kier alpha value is -2.02. The molecule has 0 aliphatic rings. The molecule has 2 heterocycles. The summed E-state index contributed by atoms with van der Waals surface area (Å²) >= 11 is 8.97. The highest BCUT2D eigenvalue weighted by Gasteiger charge is 2.41. The number of aliphatic hydroxyl groups is 1. The Morgan fingerprint density at radius 3 is 2.29 bits per heavy atom. The molecule has 7 heteroatoms. The van der Waals surface area contributed by atoms with E-state index in [0.717, 1.165) is 4.47 Å². The third-order valence-electron chi connectivity index (χ3n) is 3.52. The number of furan rings is 2. The number of halogens is 2. The molecule has 0 aliphatic heterocycles. The number of carbonyl (C=O) groups excluding carboxylic acids is 1. The summed E-state index contributed by atoms with van der Waals surface area (Å²) in [4.78, 5) is 11.7. The van der Waals surface area contributed by atoms with E-state index in [1.54, 1.807) is 42.5 Å². The number of rotatable bonds is 5. The largest absolute Gasteiger partial charge is 0.465 e. The van der Waals surface area contributed by atoms with E-state index in [1.165, 1.54) is 12.5 Å². The molecule has 1 amide bonds. The summed E-state index contributed by atoms with van der Waals surface area (Å²) in [5.74, 6) is -0.0644. The van der Waals surface area contributed by atoms with Gasteiger partial charge in [-0.3, -0.25) is 4.79 Å². The Kier molecular flexibility index (Phi) is 4.80. The maximum absolute atomic E-state index is 11.7. The van der Waals surface area contributed by atoms with Gasteiger partial charge in [0.05, 0.1) is 12.5 Å². The fourth-order valence-electron chi connectivity index (χ4n) is 2.46. The molecule has 124 valence electrons. The Morgan fingerprint density at radius 1 is 1.17 bits per heavy atom. The third-order valence-corrected chi connectivity index (χ3v) is 4.26. The predicted octanol–water partition coefficient (Wildman–Crippen LogP) is 4.10. The van der Waals surface area contributed by atoms with Crippen LogP contribution in [0.2, 0.25) is 0 Å². The summed E-state index contributed by atoms with van der Waals surface area (Å²) in [6.45, 7) is 0. The molecule has 0 saturated heterocycles. The Morgan fingerprint density at radius 2 is 1.79 bits per heavy atom. The second-order valence-corrected chi connectivity index (χ2v) is 6.22. The van der Waals surface area contributed by atoms with Gasteiger partial charge in [0, 0.05) is 15.7 Å². The molecule has 0 bridgehead atoms. The van der Waals surface area contributed by atoms with Crippen molar-refractivity contribution in [1.29, 1.82) is 0 Å². The van der Waals surface area contributed by atoms with Crippen molar-refractivity contribution < 1.29 is 18.7 Å². The van der Waals surface area contributed by atoms with Gasteiger partial charge in [-0.15, -0.1) is 11.6 Å². The Labute approximate surface area is 151 Å². The van der Waals surface area contributed by atoms with Crippen LogP contribution < -0.4 is 5.32 Å². The molecule has 0 spiro atoms. The minimum absolute atomic E-state index is 0.199. The Bertz CT molecular complexity index is 796. The van der Waals surface area contributed by atoms with Crippen molar-refractivity contribution >= 4 is 39.1 Å². The number of amides is 1. The van der Waals surface area contributed by atoms with Gasteiger partial charge >= 0.3 is 0 Å². The normalized spacial score (nSPS) is 11.5. The van der Waals surface area contributed by atoms with Crippen molar-refractivity contribution in [2.45, 2.75) is 5.60 Å². The highest BCUT2D eigenvalue weighted by molar-refractivity contribution is 9.10. The van der Waals surface area contributed by atoms with Crippen LogP contribution >= 0.6 is 27.5 Å². The molecule has 5 nitrogen and oxygen atoms in total. The second kappa shape index (κ2) is 6.84. The van der Waals surface area contributed by atoms with Gasteiger partial charge in [0.1, 0.15) is 17.4 Å². The van der Waals surface area contributed by atoms with Crippen molar-refractivity contribution in [3.63, 3.8) is 0 Å². The minimum Gasteiger partial charge on any atom is -0.465 e. The van der Waals surface area contributed by atoms with Crippen molar-refractivity contribution in [3.05, 3.63) is 76.5 Å². The lowest BCUT2D eigenvalue weighted by Gasteiger charge is -2.27. The third kappa shape index (κ3) is 3.00. The topological polar surface area (TPSA) is 75.6 Å². The molecule has 1 aromatic carbocycles. The lowest BCUT2D eigenvalue weighted by molar-refractivity contribution is -0.113. The summed E-state index contributed by atoms with van der Waals surface area (Å²) in [7, 11) is 0. The molecular weight excluding hydrogens is 398 g/mol. The van der Waals surface area contributed by atoms with Crippen LogP contribution in [0.15, 0.2) is 68.3 Å². The molecular formula is C17H13BrClNO4. The number of hydrogen-bond acceptors (Lipinski definition) is 4. The lowest BCUT2D eigenvalue weighted by atomic mass is 9.87. The fourth-order valence-corrected chi connectivity index (χ4v) is 2.89. The smallest absolute Gasteiger partial charge is 0.239 e. The summed E-state index contributed by atoms with van der Waals surface area (Å²) in [6, 6.07) is 11.7. The highest BCUT2D eigenvalue weighted by Crippen LogP contribution is 2.41. The second-order valence-electron chi connectivity index (χ2n) is 5.04. The predicted molar refractivity (Wildman–Crippen MR) is 93.0 cm³/mol. The monoisotopic (exact) mass is 409 g/mol. The average molecular weight is 411 g/mol. The van der Waals surface area contributed by atoms with E-state index in [9.17, 15) is 9.90 Å². The number of hydrogen-bond donors (Lipinski definition) is 2. The van der Waals surface area contributed by atoms with Gasteiger partial charge in [0.25, 0.3) is 0 Å². The zero-order valence-electron chi connectivity index (χ0n) is 12.3. The van der Waals surface area contributed by atoms with Gasteiger partial charge in [-0.2, -0.15) is 0 Å². The van der Waals surface area contributed by atoms with Crippen molar-refractivity contribution in [1.82, 2.24) is 0 Å². The number of alkyl halides is 1. The van der Waals surface area contributed by atoms with Crippen molar-refractivity contribution in [2.75, 3.05) is 11.2 Å². The molecule has 3 aromatic rings. The molecule has 0 atom stereocenters. The molecule has 2 N–H and O–H groups in total. The maximum atomic E-state index is 11.7. The molecule has 0 radical (unpaired) electrons. The number of benzene rings is 1. The van der Waals surface area contributed by atoms with E-state index in [4.69, 9.17) is 20.4 Å². The summed E-state index contributed by atoms with van der Waals surface area (Å²) < 4.78 is 11.6. The lowest BCUT2D eigenvalue weighted by Crippen LogP contribution is -2.30. The standard InChI is InChI=1S/C17H13BrClNO4/c18-11-5-6-13(20-16(21)10-19)12(9-11)17(22,14-3-1-7-23-14)15-4-2-8-24-15/h1-9,22H,10H2,(H,20,21). The van der Waals surface area contributed by atoms with Crippen LogP contribution in [0.25, 0.3) is 0 Å². The zero-order chi connectivity index (χ0) is 17.2. The molecule has 0 saturated carbocycles. The Balaban J connectivity index is 2.22. The first-order chi connectivity index (χ1) is 11.6. The van der Waals surface area contributed by atoms with Crippen LogP contribution in [0.1, 0.15) is 17.1 Å². The number of carbonyl (C=O) groups is 1. The van der Waals surface area contributed by atoms with Gasteiger partial charge in [-0.05, 0) is 42.5 Å². The fraction of sp³-hybridized carbons (Fsp3) is 0.118. The van der Waals surface area contributed by atoms with Gasteiger partial charge in [-0.1, -0.05) is 15.9 Å². The minimum atomic E-state index is -1.72. The van der Waals surface area contributed by atoms with E-state index in [-0.39, 0.29) is 23.3 Å². The van der Waals surface area contributed by atoms with Crippen LogP contribution in [0.3, 0.4) is 0 Å². The van der Waals surface area contributed by atoms with Gasteiger partial charge in [0.15, 0.2) is 0 Å². The summed E-state index contributed by atoms with van der Waals surface area (Å²) in [5, 5.41) is 14.2. The van der Waals surface area contributed by atoms with Gasteiger partial charge < -0.3 is 19.3 Å². The van der Waals surface area contributed by atoms with Crippen LogP contribution in [-0.4, -0.2) is 16.9 Å². The molecule has 2 aromatic heterocycles. The average Bonchev–Trinajstić information content (AvgIpc) is 3.29. The zero-order valence-corrected chi connectivity index (χ0v) is 14.7. The van der Waals surface area contributed by atoms with E-state index in [0.29, 0.717) is 11.3 Å². The van der Waals surface area contributed by atoms with Crippen LogP contribution in [-0.2, 0) is 10.4 Å². The van der Waals surface area contributed by atoms with Crippen LogP contribution in [0.4, 0.5) is 5.69 Å². The van der Waals surface area contributed by atoms with Gasteiger partial charge in [-0.25, -0.2) is 0 Å². The van der Waals surface area contributed by atoms with E-state index in [1.807, 2.05) is 0 Å². The maximum Gasteiger partial charge on any atom is 0.239 e. The SMILES string of the molecule is O=C(CCl)Nc1ccc(Br)cc1C(O)(c1ccco1)c1ccco1. The molecule has 0 fully saturated rings. The number of anilines is 1. The summed E-state index contributed by atoms with van der Waals surface area (Å²) in [5.41, 5.74) is -0.925.